The second-order valence-corrected chi connectivity index (χ2v) is 5.27. The Balaban J connectivity index is 2.21. The number of thioether (sulfide) groups is 1. The van der Waals surface area contributed by atoms with Gasteiger partial charge in [0.2, 0.25) is 5.96 Å². The van der Waals surface area contributed by atoms with Crippen LogP contribution in [0.1, 0.15) is 11.5 Å². The maximum atomic E-state index is 8.31. The van der Waals surface area contributed by atoms with Gasteiger partial charge in [-0.2, -0.15) is 17.0 Å². The number of nitriles is 1. The molecule has 3 N–H and O–H groups in total. The number of hydrogen-bond donors (Lipinski definition) is 2. The molecule has 6 nitrogen and oxygen atoms in total. The molecule has 0 spiro atoms. The van der Waals surface area contributed by atoms with Crippen molar-refractivity contribution in [3.63, 3.8) is 0 Å². The van der Waals surface area contributed by atoms with Crippen molar-refractivity contribution in [1.29, 1.82) is 5.26 Å². The first-order chi connectivity index (χ1) is 9.11. The van der Waals surface area contributed by atoms with Gasteiger partial charge in [-0.15, -0.1) is 0 Å². The average molecular weight is 281 g/mol. The number of furan rings is 1. The summed E-state index contributed by atoms with van der Waals surface area (Å²) in [6, 6.07) is 4.00. The topological polar surface area (TPSA) is 90.6 Å². The van der Waals surface area contributed by atoms with Gasteiger partial charge < -0.3 is 15.1 Å². The maximum absolute atomic E-state index is 8.31. The van der Waals surface area contributed by atoms with Crippen LogP contribution in [0.2, 0.25) is 0 Å². The van der Waals surface area contributed by atoms with Gasteiger partial charge in [0.05, 0.1) is 18.8 Å². The summed E-state index contributed by atoms with van der Waals surface area (Å²) < 4.78 is 5.68. The molecular formula is C12H19N5OS. The Labute approximate surface area is 117 Å². The third-order valence-electron chi connectivity index (χ3n) is 2.14. The summed E-state index contributed by atoms with van der Waals surface area (Å²) in [4.78, 5) is 6.06. The molecule has 0 fully saturated rings. The molecule has 0 saturated heterocycles. The largest absolute Gasteiger partial charge is 0.464 e. The zero-order chi connectivity index (χ0) is 14.1. The summed E-state index contributed by atoms with van der Waals surface area (Å²) in [5.41, 5.74) is 5.41. The highest BCUT2D eigenvalue weighted by Gasteiger charge is 2.03. The highest BCUT2D eigenvalue weighted by molar-refractivity contribution is 7.98. The highest BCUT2D eigenvalue weighted by Crippen LogP contribution is 2.16. The Morgan fingerprint density at radius 3 is 2.95 bits per heavy atom. The zero-order valence-corrected chi connectivity index (χ0v) is 12.0. The fourth-order valence-corrected chi connectivity index (χ4v) is 2.12. The van der Waals surface area contributed by atoms with Crippen molar-refractivity contribution in [1.82, 2.24) is 10.2 Å². The molecule has 1 aromatic heterocycles. The molecule has 0 aliphatic carbocycles. The maximum Gasteiger partial charge on any atom is 0.202 e. The molecule has 7 heteroatoms. The van der Waals surface area contributed by atoms with Crippen molar-refractivity contribution in [2.45, 2.75) is 12.3 Å². The van der Waals surface area contributed by atoms with Crippen LogP contribution >= 0.6 is 11.8 Å². The van der Waals surface area contributed by atoms with E-state index in [4.69, 9.17) is 15.4 Å². The molecule has 0 aliphatic rings. The van der Waals surface area contributed by atoms with Gasteiger partial charge in [-0.25, -0.2) is 0 Å². The Morgan fingerprint density at radius 2 is 2.26 bits per heavy atom. The molecule has 0 saturated carbocycles. The normalized spacial score (nSPS) is 11.6. The Kier molecular flexibility index (Phi) is 6.85. The Hall–Kier alpha value is -1.65. The predicted octanol–water partition coefficient (Wildman–Crippen LogP) is 0.960. The van der Waals surface area contributed by atoms with Crippen molar-refractivity contribution in [2.75, 3.05) is 26.4 Å². The number of nitrogens with one attached hydrogen (secondary N) is 1. The van der Waals surface area contributed by atoms with E-state index in [0.29, 0.717) is 6.54 Å². The number of nitrogens with two attached hydrogens (primary N) is 1. The quantitative estimate of drug-likeness (QED) is 0.254. The van der Waals surface area contributed by atoms with Crippen LogP contribution in [0, 0.1) is 11.5 Å². The van der Waals surface area contributed by atoms with Crippen LogP contribution in [-0.2, 0) is 12.3 Å². The van der Waals surface area contributed by atoms with Gasteiger partial charge in [0.1, 0.15) is 11.5 Å². The number of aliphatic imine (C=N–C) groups is 1. The second kappa shape index (κ2) is 8.45. The van der Waals surface area contributed by atoms with Crippen LogP contribution in [0.5, 0.6) is 0 Å². The first kappa shape index (κ1) is 15.4. The van der Waals surface area contributed by atoms with Crippen molar-refractivity contribution in [3.05, 3.63) is 23.7 Å². The number of hydrogen-bond acceptors (Lipinski definition) is 5. The van der Waals surface area contributed by atoms with E-state index in [2.05, 4.69) is 15.2 Å². The summed E-state index contributed by atoms with van der Waals surface area (Å²) >= 11 is 1.72. The number of rotatable bonds is 7. The zero-order valence-electron chi connectivity index (χ0n) is 11.2. The van der Waals surface area contributed by atoms with Gasteiger partial charge in [-0.3, -0.25) is 10.3 Å². The molecule has 0 aromatic carbocycles. The van der Waals surface area contributed by atoms with Gasteiger partial charge in [0.15, 0.2) is 6.19 Å². The van der Waals surface area contributed by atoms with E-state index in [0.717, 1.165) is 29.6 Å². The summed E-state index contributed by atoms with van der Waals surface area (Å²) in [5.74, 6) is 3.75. The smallest absolute Gasteiger partial charge is 0.202 e. The van der Waals surface area contributed by atoms with Gasteiger partial charge in [-0.1, -0.05) is 0 Å². The Morgan fingerprint density at radius 1 is 1.53 bits per heavy atom. The second-order valence-electron chi connectivity index (χ2n) is 4.16. The lowest BCUT2D eigenvalue weighted by molar-refractivity contribution is 0.344. The summed E-state index contributed by atoms with van der Waals surface area (Å²) in [6.45, 7) is 1.39. The van der Waals surface area contributed by atoms with Crippen molar-refractivity contribution in [2.24, 2.45) is 10.7 Å². The van der Waals surface area contributed by atoms with Crippen LogP contribution in [-0.4, -0.2) is 37.3 Å². The molecule has 19 heavy (non-hydrogen) atoms. The van der Waals surface area contributed by atoms with Gasteiger partial charge in [0, 0.05) is 5.75 Å². The van der Waals surface area contributed by atoms with Gasteiger partial charge in [0.25, 0.3) is 0 Å². The molecule has 0 atom stereocenters. The SMILES string of the molecule is CN(C)Cc1ccc(CSCCN=C(N)NC#N)o1. The lowest BCUT2D eigenvalue weighted by Crippen LogP contribution is -2.27. The fraction of sp³-hybridized carbons (Fsp3) is 0.500. The molecule has 1 rings (SSSR count). The number of guanidine groups is 1. The monoisotopic (exact) mass is 281 g/mol. The molecule has 1 aromatic rings. The molecular weight excluding hydrogens is 262 g/mol. The molecule has 0 unspecified atom stereocenters. The van der Waals surface area contributed by atoms with Crippen LogP contribution in [0.4, 0.5) is 0 Å². The van der Waals surface area contributed by atoms with Crippen LogP contribution in [0.3, 0.4) is 0 Å². The van der Waals surface area contributed by atoms with Crippen LogP contribution in [0.25, 0.3) is 0 Å². The van der Waals surface area contributed by atoms with Crippen molar-refractivity contribution >= 4 is 17.7 Å². The molecule has 0 radical (unpaired) electrons. The lowest BCUT2D eigenvalue weighted by Gasteiger charge is -2.05. The lowest BCUT2D eigenvalue weighted by atomic mass is 10.4. The van der Waals surface area contributed by atoms with E-state index in [9.17, 15) is 0 Å². The van der Waals surface area contributed by atoms with E-state index in [-0.39, 0.29) is 5.96 Å². The van der Waals surface area contributed by atoms with Gasteiger partial charge in [-0.05, 0) is 26.2 Å². The summed E-state index contributed by atoms with van der Waals surface area (Å²) in [5, 5.41) is 10.6. The number of nitrogens with zero attached hydrogens (tertiary/aromatic N) is 3. The minimum atomic E-state index is 0.161. The van der Waals surface area contributed by atoms with Gasteiger partial charge >= 0.3 is 0 Å². The summed E-state index contributed by atoms with van der Waals surface area (Å²) in [7, 11) is 4.02. The van der Waals surface area contributed by atoms with Crippen LogP contribution < -0.4 is 11.1 Å². The first-order valence-electron chi connectivity index (χ1n) is 5.87. The molecule has 0 amide bonds. The first-order valence-corrected chi connectivity index (χ1v) is 7.02. The standard InChI is InChI=1S/C12H19N5OS/c1-17(2)7-10-3-4-11(18-10)8-19-6-5-15-12(14)16-9-13/h3-4H,5-8H2,1-2H3,(H3,14,15,16). The molecule has 104 valence electrons. The minimum Gasteiger partial charge on any atom is -0.464 e. The van der Waals surface area contributed by atoms with E-state index in [1.165, 1.54) is 0 Å². The average Bonchev–Trinajstić information content (AvgIpc) is 2.75. The van der Waals surface area contributed by atoms with E-state index in [1.54, 1.807) is 18.0 Å². The third kappa shape index (κ3) is 6.74. The Bertz CT molecular complexity index is 449. The van der Waals surface area contributed by atoms with E-state index >= 15 is 0 Å². The predicted molar refractivity (Wildman–Crippen MR) is 77.5 cm³/mol. The van der Waals surface area contributed by atoms with Crippen molar-refractivity contribution < 1.29 is 4.42 Å². The van der Waals surface area contributed by atoms with Crippen LogP contribution in [0.15, 0.2) is 21.5 Å². The molecule has 0 aliphatic heterocycles. The molecule has 0 bridgehead atoms. The van der Waals surface area contributed by atoms with E-state index < -0.39 is 0 Å². The highest BCUT2D eigenvalue weighted by atomic mass is 32.2. The minimum absolute atomic E-state index is 0.161. The summed E-state index contributed by atoms with van der Waals surface area (Å²) in [6.07, 6.45) is 1.72. The van der Waals surface area contributed by atoms with Crippen molar-refractivity contribution in [3.8, 4) is 6.19 Å². The third-order valence-corrected chi connectivity index (χ3v) is 3.10. The molecule has 1 heterocycles. The fourth-order valence-electron chi connectivity index (χ4n) is 1.40. The van der Waals surface area contributed by atoms with E-state index in [1.807, 2.05) is 26.2 Å².